The number of halogens is 1. The lowest BCUT2D eigenvalue weighted by atomic mass is 10.0. The molecule has 1 aliphatic rings. The van der Waals surface area contributed by atoms with Gasteiger partial charge in [0.1, 0.15) is 11.6 Å². The Balaban J connectivity index is 1.62. The zero-order chi connectivity index (χ0) is 22.0. The molecule has 0 spiro atoms. The smallest absolute Gasteiger partial charge is 0.173 e. The third kappa shape index (κ3) is 4.54. The van der Waals surface area contributed by atoms with E-state index in [0.717, 1.165) is 49.0 Å². The number of methoxy groups -OCH3 is 1. The molecule has 0 aliphatic carbocycles. The predicted molar refractivity (Wildman–Crippen MR) is 118 cm³/mol. The maximum atomic E-state index is 13.3. The first-order valence-corrected chi connectivity index (χ1v) is 10.5. The summed E-state index contributed by atoms with van der Waals surface area (Å²) in [6.07, 6.45) is 0. The van der Waals surface area contributed by atoms with Crippen LogP contribution in [0.1, 0.15) is 38.2 Å². The molecule has 1 aromatic heterocycles. The summed E-state index contributed by atoms with van der Waals surface area (Å²) in [5.74, 6) is 1.43. The highest BCUT2D eigenvalue weighted by molar-refractivity contribution is 5.46. The Hall–Kier alpha value is -3.00. The molecule has 2 aromatic carbocycles. The Morgan fingerprint density at radius 2 is 1.58 bits per heavy atom. The third-order valence-electron chi connectivity index (χ3n) is 5.68. The predicted octanol–water partition coefficient (Wildman–Crippen LogP) is 3.49. The van der Waals surface area contributed by atoms with Gasteiger partial charge in [-0.1, -0.05) is 12.1 Å². The summed E-state index contributed by atoms with van der Waals surface area (Å²) in [4.78, 5) is 4.70. The molecule has 1 atom stereocenters. The van der Waals surface area contributed by atoms with Crippen LogP contribution in [0.25, 0.3) is 0 Å². The van der Waals surface area contributed by atoms with Crippen LogP contribution in [0.3, 0.4) is 0 Å². The minimum Gasteiger partial charge on any atom is -0.497 e. The average molecular weight is 425 g/mol. The molecule has 3 aromatic rings. The largest absolute Gasteiger partial charge is 0.497 e. The van der Waals surface area contributed by atoms with Crippen LogP contribution in [0.5, 0.6) is 5.75 Å². The van der Waals surface area contributed by atoms with Crippen molar-refractivity contribution in [2.75, 3.05) is 38.2 Å². The van der Waals surface area contributed by atoms with E-state index in [1.807, 2.05) is 28.9 Å². The van der Waals surface area contributed by atoms with Gasteiger partial charge in [0.15, 0.2) is 5.82 Å². The Bertz CT molecular complexity index is 988. The number of anilines is 1. The molecule has 164 valence electrons. The van der Waals surface area contributed by atoms with Gasteiger partial charge >= 0.3 is 0 Å². The number of aromatic nitrogens is 4. The first-order valence-electron chi connectivity index (χ1n) is 10.5. The van der Waals surface area contributed by atoms with E-state index in [4.69, 9.17) is 4.74 Å². The summed E-state index contributed by atoms with van der Waals surface area (Å²) in [6, 6.07) is 14.7. The van der Waals surface area contributed by atoms with E-state index < -0.39 is 0 Å². The van der Waals surface area contributed by atoms with Crippen molar-refractivity contribution in [3.8, 4) is 5.75 Å². The molecule has 0 amide bonds. The first-order chi connectivity index (χ1) is 14.9. The van der Waals surface area contributed by atoms with Gasteiger partial charge in [-0.05, 0) is 73.2 Å². The van der Waals surface area contributed by atoms with Gasteiger partial charge in [-0.2, -0.15) is 0 Å². The van der Waals surface area contributed by atoms with Crippen molar-refractivity contribution >= 4 is 5.69 Å². The standard InChI is InChI=1S/C23H29FN6O/c1-23(2,3)30-22(25-26-27-30)21(17-5-11-20(31-4)12-6-17)29-15-13-28(14-16-29)19-9-7-18(24)8-10-19/h5-12,21H,13-16H2,1-4H3/t21-/m1/s1. The van der Waals surface area contributed by atoms with Gasteiger partial charge in [0.2, 0.25) is 0 Å². The fourth-order valence-electron chi connectivity index (χ4n) is 4.04. The Labute approximate surface area is 182 Å². The number of tetrazole rings is 1. The lowest BCUT2D eigenvalue weighted by Crippen LogP contribution is -2.48. The van der Waals surface area contributed by atoms with Gasteiger partial charge < -0.3 is 9.64 Å². The Morgan fingerprint density at radius 3 is 2.16 bits per heavy atom. The molecular formula is C23H29FN6O. The number of hydrogen-bond acceptors (Lipinski definition) is 6. The monoisotopic (exact) mass is 424 g/mol. The van der Waals surface area contributed by atoms with E-state index in [2.05, 4.69) is 58.2 Å². The maximum Gasteiger partial charge on any atom is 0.173 e. The topological polar surface area (TPSA) is 59.3 Å². The quantitative estimate of drug-likeness (QED) is 0.625. The van der Waals surface area contributed by atoms with Crippen LogP contribution in [-0.2, 0) is 5.54 Å². The molecule has 8 heteroatoms. The van der Waals surface area contributed by atoms with Crippen molar-refractivity contribution in [2.24, 2.45) is 0 Å². The number of hydrogen-bond donors (Lipinski definition) is 0. The van der Waals surface area contributed by atoms with Crippen molar-refractivity contribution < 1.29 is 9.13 Å². The highest BCUT2D eigenvalue weighted by Gasteiger charge is 2.33. The second kappa shape index (κ2) is 8.63. The van der Waals surface area contributed by atoms with Gasteiger partial charge in [-0.3, -0.25) is 4.90 Å². The normalized spacial score (nSPS) is 16.4. The zero-order valence-electron chi connectivity index (χ0n) is 18.5. The zero-order valence-corrected chi connectivity index (χ0v) is 18.5. The van der Waals surface area contributed by atoms with Crippen molar-refractivity contribution in [1.82, 2.24) is 25.1 Å². The molecule has 31 heavy (non-hydrogen) atoms. The molecule has 1 fully saturated rings. The van der Waals surface area contributed by atoms with Crippen LogP contribution in [0.2, 0.25) is 0 Å². The van der Waals surface area contributed by atoms with Crippen LogP contribution in [-0.4, -0.2) is 58.4 Å². The van der Waals surface area contributed by atoms with E-state index in [9.17, 15) is 4.39 Å². The van der Waals surface area contributed by atoms with Gasteiger partial charge in [-0.15, -0.1) is 5.10 Å². The van der Waals surface area contributed by atoms with Crippen LogP contribution in [0.15, 0.2) is 48.5 Å². The molecular weight excluding hydrogens is 395 g/mol. The van der Waals surface area contributed by atoms with E-state index in [0.29, 0.717) is 0 Å². The lowest BCUT2D eigenvalue weighted by Gasteiger charge is -2.40. The molecule has 7 nitrogen and oxygen atoms in total. The molecule has 0 bridgehead atoms. The minimum atomic E-state index is -0.237. The molecule has 4 rings (SSSR count). The van der Waals surface area contributed by atoms with Crippen LogP contribution in [0.4, 0.5) is 10.1 Å². The van der Waals surface area contributed by atoms with Gasteiger partial charge in [0, 0.05) is 31.9 Å². The van der Waals surface area contributed by atoms with E-state index >= 15 is 0 Å². The number of benzene rings is 2. The summed E-state index contributed by atoms with van der Waals surface area (Å²) in [5, 5.41) is 12.7. The highest BCUT2D eigenvalue weighted by atomic mass is 19.1. The molecule has 0 saturated carbocycles. The molecule has 2 heterocycles. The summed E-state index contributed by atoms with van der Waals surface area (Å²) in [5.41, 5.74) is 1.93. The fourth-order valence-corrected chi connectivity index (χ4v) is 4.04. The van der Waals surface area contributed by atoms with E-state index in [1.165, 1.54) is 12.1 Å². The SMILES string of the molecule is COc1ccc([C@H](c2nnnn2C(C)(C)C)N2CCN(c3ccc(F)cc3)CC2)cc1. The Morgan fingerprint density at radius 1 is 0.935 bits per heavy atom. The van der Waals surface area contributed by atoms with E-state index in [1.54, 1.807) is 7.11 Å². The van der Waals surface area contributed by atoms with Crippen molar-refractivity contribution in [2.45, 2.75) is 32.4 Å². The number of nitrogens with zero attached hydrogens (tertiary/aromatic N) is 6. The average Bonchev–Trinajstić information content (AvgIpc) is 3.26. The second-order valence-corrected chi connectivity index (χ2v) is 8.79. The van der Waals surface area contributed by atoms with Crippen molar-refractivity contribution in [3.05, 3.63) is 65.7 Å². The van der Waals surface area contributed by atoms with Crippen LogP contribution in [0, 0.1) is 5.82 Å². The lowest BCUT2D eigenvalue weighted by molar-refractivity contribution is 0.191. The van der Waals surface area contributed by atoms with Crippen LogP contribution >= 0.6 is 0 Å². The summed E-state index contributed by atoms with van der Waals surface area (Å²) in [7, 11) is 1.67. The van der Waals surface area contributed by atoms with E-state index in [-0.39, 0.29) is 17.4 Å². The molecule has 0 unspecified atom stereocenters. The summed E-state index contributed by atoms with van der Waals surface area (Å²) < 4.78 is 20.6. The van der Waals surface area contributed by atoms with Gasteiger partial charge in [-0.25, -0.2) is 9.07 Å². The molecule has 0 N–H and O–H groups in total. The third-order valence-corrected chi connectivity index (χ3v) is 5.68. The minimum absolute atomic E-state index is 0.0736. The highest BCUT2D eigenvalue weighted by Crippen LogP contribution is 2.32. The Kier molecular flexibility index (Phi) is 5.91. The fraction of sp³-hybridized carbons (Fsp3) is 0.435. The van der Waals surface area contributed by atoms with Crippen LogP contribution < -0.4 is 9.64 Å². The molecule has 1 saturated heterocycles. The number of piperazine rings is 1. The summed E-state index contributed by atoms with van der Waals surface area (Å²) in [6.45, 7) is 9.67. The maximum absolute atomic E-state index is 13.3. The first kappa shape index (κ1) is 21.2. The van der Waals surface area contributed by atoms with Gasteiger partial charge in [0.25, 0.3) is 0 Å². The van der Waals surface area contributed by atoms with Gasteiger partial charge in [0.05, 0.1) is 18.7 Å². The molecule has 0 radical (unpaired) electrons. The summed E-state index contributed by atoms with van der Waals surface area (Å²) >= 11 is 0. The second-order valence-electron chi connectivity index (χ2n) is 8.79. The molecule has 1 aliphatic heterocycles. The van der Waals surface area contributed by atoms with Crippen molar-refractivity contribution in [3.63, 3.8) is 0 Å². The van der Waals surface area contributed by atoms with Crippen molar-refractivity contribution in [1.29, 1.82) is 0 Å². The number of ether oxygens (including phenoxy) is 1. The number of rotatable bonds is 5.